The highest BCUT2D eigenvalue weighted by molar-refractivity contribution is 6.09. The van der Waals surface area contributed by atoms with Crippen molar-refractivity contribution in [1.29, 1.82) is 0 Å². The largest absolute Gasteiger partial charge is 0.507 e. The van der Waals surface area contributed by atoms with E-state index in [1.54, 1.807) is 46.8 Å². The average Bonchev–Trinajstić information content (AvgIpc) is 2.86. The van der Waals surface area contributed by atoms with E-state index in [4.69, 9.17) is 5.73 Å². The molecular weight excluding hydrogens is 538 g/mol. The maximum atomic E-state index is 14.6. The van der Waals surface area contributed by atoms with E-state index in [0.29, 0.717) is 11.1 Å². The van der Waals surface area contributed by atoms with Gasteiger partial charge in [-0.25, -0.2) is 0 Å². The molecule has 0 aromatic heterocycles. The molecule has 2 fully saturated rings. The van der Waals surface area contributed by atoms with Crippen LogP contribution < -0.4 is 5.73 Å². The van der Waals surface area contributed by atoms with Crippen LogP contribution in [0.1, 0.15) is 103 Å². The molecule has 9 heteroatoms. The molecule has 10 atom stereocenters. The number of Topliss-reactive ketones (excluding diaryl/α,β-unsaturated/α-hetero) is 3. The zero-order valence-corrected chi connectivity index (χ0v) is 26.2. The van der Waals surface area contributed by atoms with Gasteiger partial charge < -0.3 is 26.2 Å². The fourth-order valence-electron chi connectivity index (χ4n) is 9.39. The Labute approximate surface area is 247 Å². The first-order chi connectivity index (χ1) is 19.2. The van der Waals surface area contributed by atoms with Crippen molar-refractivity contribution in [2.45, 2.75) is 104 Å². The second-order valence-corrected chi connectivity index (χ2v) is 14.8. The van der Waals surface area contributed by atoms with Crippen molar-refractivity contribution in [2.75, 3.05) is 0 Å². The van der Waals surface area contributed by atoms with E-state index < -0.39 is 87.0 Å². The molecule has 42 heavy (non-hydrogen) atoms. The van der Waals surface area contributed by atoms with Crippen LogP contribution in [0.15, 0.2) is 12.1 Å². The topological polar surface area (TPSA) is 175 Å². The van der Waals surface area contributed by atoms with E-state index in [0.717, 1.165) is 0 Å². The molecular formula is C33H47NO8. The van der Waals surface area contributed by atoms with Gasteiger partial charge in [0.05, 0.1) is 17.6 Å². The normalized spacial score (nSPS) is 39.9. The number of aliphatic hydroxyl groups excluding tert-OH is 2. The lowest BCUT2D eigenvalue weighted by Crippen LogP contribution is -2.82. The van der Waals surface area contributed by atoms with Crippen molar-refractivity contribution < 1.29 is 39.6 Å². The molecule has 0 saturated heterocycles. The van der Waals surface area contributed by atoms with Crippen molar-refractivity contribution in [3.63, 3.8) is 0 Å². The highest BCUT2D eigenvalue weighted by atomic mass is 16.4. The van der Waals surface area contributed by atoms with Crippen molar-refractivity contribution >= 4 is 23.3 Å². The lowest BCUT2D eigenvalue weighted by molar-refractivity contribution is -0.292. The Morgan fingerprint density at radius 1 is 1.10 bits per heavy atom. The summed E-state index contributed by atoms with van der Waals surface area (Å²) < 4.78 is 0. The van der Waals surface area contributed by atoms with E-state index in [9.17, 15) is 39.6 Å². The monoisotopic (exact) mass is 585 g/mol. The van der Waals surface area contributed by atoms with Crippen molar-refractivity contribution in [3.05, 3.63) is 28.8 Å². The molecule has 0 spiro atoms. The van der Waals surface area contributed by atoms with Gasteiger partial charge in [0, 0.05) is 18.3 Å². The van der Waals surface area contributed by atoms with Crippen LogP contribution in [0.5, 0.6) is 5.75 Å². The predicted octanol–water partition coefficient (Wildman–Crippen LogP) is 3.03. The van der Waals surface area contributed by atoms with Crippen LogP contribution in [-0.2, 0) is 19.8 Å². The molecule has 0 aliphatic heterocycles. The number of aromatic hydroxyl groups is 1. The average molecular weight is 586 g/mol. The summed E-state index contributed by atoms with van der Waals surface area (Å²) in [7, 11) is 0. The molecule has 9 nitrogen and oxygen atoms in total. The van der Waals surface area contributed by atoms with Gasteiger partial charge in [0.2, 0.25) is 5.91 Å². The lowest BCUT2D eigenvalue weighted by atomic mass is 9.33. The first-order valence-electron chi connectivity index (χ1n) is 15.0. The molecule has 1 aromatic carbocycles. The third-order valence-corrected chi connectivity index (χ3v) is 11.6. The number of nitrogens with two attached hydrogens (primary N) is 1. The van der Waals surface area contributed by atoms with Crippen LogP contribution >= 0.6 is 0 Å². The fraction of sp³-hybridized carbons (Fsp3) is 0.697. The number of hydrogen-bond acceptors (Lipinski definition) is 8. The standard InChI is InChI=1S/C33H47NO8/c1-10-16(35)13-19-31(8)15(4)17-11-12-18(30(5,6)7)24(36)20(17)25(37)23(31)28(40)33(42)27(39)21(29(34)41)26(38)22(14(2)3)32(19,33)9/h11-12,14-15,19,21-23,26,28,36,38,40,42H,10,13H2,1-9H3,(H2,34,41)/t15-,19-,21-,22+,23-,26?,28?,31-,32-,33+/m1/s1. The second-order valence-electron chi connectivity index (χ2n) is 14.8. The van der Waals surface area contributed by atoms with Gasteiger partial charge in [0.25, 0.3) is 0 Å². The van der Waals surface area contributed by atoms with Crippen molar-refractivity contribution in [2.24, 2.45) is 46.2 Å². The Hall–Kier alpha value is -2.62. The molecule has 0 heterocycles. The number of rotatable bonds is 5. The van der Waals surface area contributed by atoms with E-state index >= 15 is 0 Å². The third kappa shape index (κ3) is 3.85. The number of hydrogen-bond donors (Lipinski definition) is 5. The van der Waals surface area contributed by atoms with Gasteiger partial charge in [0.15, 0.2) is 17.2 Å². The Morgan fingerprint density at radius 2 is 1.67 bits per heavy atom. The second kappa shape index (κ2) is 9.96. The minimum Gasteiger partial charge on any atom is -0.507 e. The quantitative estimate of drug-likeness (QED) is 0.328. The molecule has 4 rings (SSSR count). The number of benzene rings is 1. The molecule has 2 saturated carbocycles. The van der Waals surface area contributed by atoms with Gasteiger partial charge in [-0.1, -0.05) is 74.4 Å². The maximum absolute atomic E-state index is 14.6. The number of phenols is 1. The first kappa shape index (κ1) is 32.3. The van der Waals surface area contributed by atoms with Crippen molar-refractivity contribution in [3.8, 4) is 5.75 Å². The third-order valence-electron chi connectivity index (χ3n) is 11.6. The zero-order valence-electron chi connectivity index (χ0n) is 26.2. The lowest BCUT2D eigenvalue weighted by Gasteiger charge is -2.71. The summed E-state index contributed by atoms with van der Waals surface area (Å²) in [6, 6.07) is 3.59. The van der Waals surface area contributed by atoms with Gasteiger partial charge in [-0.15, -0.1) is 0 Å². The minimum atomic E-state index is -2.70. The van der Waals surface area contributed by atoms with Gasteiger partial charge >= 0.3 is 0 Å². The SMILES string of the molecule is CCC(=O)C[C@@H]1[C@@]2(C)[C@H](C)c3ccc(C(C)(C)C)c(O)c3C(=O)[C@@H]2C(O)[C@@]2(O)C(=O)[C@H](C(N)=O)C(O)[C@H](C(C)C)[C@@]12C. The molecule has 2 unspecified atom stereocenters. The molecule has 6 N–H and O–H groups in total. The summed E-state index contributed by atoms with van der Waals surface area (Å²) >= 11 is 0. The van der Waals surface area contributed by atoms with Gasteiger partial charge in [-0.3, -0.25) is 19.2 Å². The van der Waals surface area contributed by atoms with Gasteiger partial charge in [0.1, 0.15) is 23.6 Å². The van der Waals surface area contributed by atoms with E-state index in [2.05, 4.69) is 0 Å². The van der Waals surface area contributed by atoms with Crippen LogP contribution in [0, 0.1) is 40.4 Å². The molecule has 1 amide bonds. The summed E-state index contributed by atoms with van der Waals surface area (Å²) in [5, 5.41) is 47.8. The number of carbonyl (C=O) groups is 4. The number of ketones is 3. The highest BCUT2D eigenvalue weighted by Crippen LogP contribution is 2.71. The number of primary amides is 1. The summed E-state index contributed by atoms with van der Waals surface area (Å²) in [4.78, 5) is 54.6. The first-order valence-corrected chi connectivity index (χ1v) is 15.0. The molecule has 0 radical (unpaired) electrons. The number of carbonyl (C=O) groups excluding carboxylic acids is 4. The molecule has 1 aromatic rings. The number of fused-ring (bicyclic) bond motifs is 3. The fourth-order valence-corrected chi connectivity index (χ4v) is 9.39. The molecule has 3 aliphatic rings. The van der Waals surface area contributed by atoms with E-state index in [-0.39, 0.29) is 29.9 Å². The maximum Gasteiger partial charge on any atom is 0.230 e. The Balaban J connectivity index is 2.13. The Morgan fingerprint density at radius 3 is 2.14 bits per heavy atom. The number of amides is 1. The zero-order chi connectivity index (χ0) is 32.1. The summed E-state index contributed by atoms with van der Waals surface area (Å²) in [6.07, 6.45) is -3.55. The molecule has 232 valence electrons. The minimum absolute atomic E-state index is 0.0272. The Bertz CT molecular complexity index is 1350. The van der Waals surface area contributed by atoms with Gasteiger partial charge in [-0.2, -0.15) is 0 Å². The summed E-state index contributed by atoms with van der Waals surface area (Å²) in [6.45, 7) is 16.2. The van der Waals surface area contributed by atoms with Crippen LogP contribution in [0.2, 0.25) is 0 Å². The highest BCUT2D eigenvalue weighted by Gasteiger charge is 2.80. The van der Waals surface area contributed by atoms with Crippen LogP contribution in [0.4, 0.5) is 0 Å². The van der Waals surface area contributed by atoms with Crippen molar-refractivity contribution in [1.82, 2.24) is 0 Å². The van der Waals surface area contributed by atoms with E-state index in [1.807, 2.05) is 27.7 Å². The smallest absolute Gasteiger partial charge is 0.230 e. The number of phenolic OH excluding ortho intramolecular Hbond substituents is 1. The van der Waals surface area contributed by atoms with Crippen LogP contribution in [0.3, 0.4) is 0 Å². The summed E-state index contributed by atoms with van der Waals surface area (Å²) in [5.74, 6) is -9.30. The summed E-state index contributed by atoms with van der Waals surface area (Å²) in [5.41, 5.74) is 0.653. The molecule has 3 aliphatic carbocycles. The number of aliphatic hydroxyl groups is 3. The van der Waals surface area contributed by atoms with Crippen LogP contribution in [0.25, 0.3) is 0 Å². The Kier molecular flexibility index (Phi) is 7.66. The van der Waals surface area contributed by atoms with Crippen LogP contribution in [-0.4, -0.2) is 61.5 Å². The van der Waals surface area contributed by atoms with Gasteiger partial charge in [-0.05, 0) is 45.6 Å². The predicted molar refractivity (Wildman–Crippen MR) is 156 cm³/mol. The van der Waals surface area contributed by atoms with E-state index in [1.165, 1.54) is 0 Å². The molecule has 0 bridgehead atoms.